The van der Waals surface area contributed by atoms with E-state index in [0.717, 1.165) is 24.3 Å². The lowest BCUT2D eigenvalue weighted by Crippen LogP contribution is -2.21. The van der Waals surface area contributed by atoms with Gasteiger partial charge in [0.15, 0.2) is 0 Å². The molecule has 0 bridgehead atoms. The van der Waals surface area contributed by atoms with Crippen LogP contribution in [0.25, 0.3) is 0 Å². The zero-order valence-corrected chi connectivity index (χ0v) is 9.36. The number of benzene rings is 1. The topological polar surface area (TPSA) is 41.5 Å². The first-order valence-electron chi connectivity index (χ1n) is 5.30. The van der Waals surface area contributed by atoms with E-state index < -0.39 is 0 Å². The summed E-state index contributed by atoms with van der Waals surface area (Å²) in [5.41, 5.74) is 1.16. The zero-order chi connectivity index (χ0) is 11.1. The van der Waals surface area contributed by atoms with Crippen LogP contribution < -0.4 is 10.1 Å². The Labute approximate surface area is 91.1 Å². The van der Waals surface area contributed by atoms with Crippen molar-refractivity contribution in [3.05, 3.63) is 29.8 Å². The summed E-state index contributed by atoms with van der Waals surface area (Å²) in [5.74, 6) is 0.855. The Kier molecular flexibility index (Phi) is 5.15. The molecule has 0 fully saturated rings. The van der Waals surface area contributed by atoms with Crippen molar-refractivity contribution in [2.45, 2.75) is 19.4 Å². The highest BCUT2D eigenvalue weighted by molar-refractivity contribution is 5.30. The second kappa shape index (κ2) is 6.43. The molecule has 3 heteroatoms. The molecular formula is C12H19NO2. The SMILES string of the molecule is CCNC(CCO)c1cccc(OC)c1. The molecule has 1 atom stereocenters. The minimum absolute atomic E-state index is 0.189. The van der Waals surface area contributed by atoms with E-state index in [2.05, 4.69) is 12.2 Å². The van der Waals surface area contributed by atoms with Gasteiger partial charge in [-0.3, -0.25) is 0 Å². The maximum atomic E-state index is 8.98. The van der Waals surface area contributed by atoms with Gasteiger partial charge in [0, 0.05) is 12.6 Å². The largest absolute Gasteiger partial charge is 0.497 e. The Hall–Kier alpha value is -1.06. The van der Waals surface area contributed by atoms with Crippen LogP contribution in [0.3, 0.4) is 0 Å². The van der Waals surface area contributed by atoms with E-state index >= 15 is 0 Å². The number of aliphatic hydroxyl groups is 1. The molecule has 3 nitrogen and oxygen atoms in total. The molecule has 1 aromatic carbocycles. The van der Waals surface area contributed by atoms with Crippen molar-refractivity contribution in [1.29, 1.82) is 0 Å². The minimum atomic E-state index is 0.189. The molecule has 0 amide bonds. The summed E-state index contributed by atoms with van der Waals surface area (Å²) in [6.45, 7) is 3.14. The summed E-state index contributed by atoms with van der Waals surface area (Å²) < 4.78 is 5.17. The lowest BCUT2D eigenvalue weighted by Gasteiger charge is -2.17. The van der Waals surface area contributed by atoms with Crippen LogP contribution >= 0.6 is 0 Å². The van der Waals surface area contributed by atoms with Gasteiger partial charge >= 0.3 is 0 Å². The molecule has 1 rings (SSSR count). The van der Waals surface area contributed by atoms with Gasteiger partial charge in [0.05, 0.1) is 7.11 Å². The number of hydrogen-bond acceptors (Lipinski definition) is 3. The normalized spacial score (nSPS) is 12.5. The molecule has 0 aromatic heterocycles. The van der Waals surface area contributed by atoms with Crippen LogP contribution in [0.2, 0.25) is 0 Å². The average Bonchev–Trinajstić information content (AvgIpc) is 2.29. The number of methoxy groups -OCH3 is 1. The summed E-state index contributed by atoms with van der Waals surface area (Å²) in [6, 6.07) is 8.14. The molecule has 0 aliphatic carbocycles. The molecule has 2 N–H and O–H groups in total. The molecule has 0 saturated carbocycles. The summed E-state index contributed by atoms with van der Waals surface area (Å²) in [6.07, 6.45) is 0.723. The Morgan fingerprint density at radius 2 is 2.27 bits per heavy atom. The van der Waals surface area contributed by atoms with E-state index in [9.17, 15) is 0 Å². The number of rotatable bonds is 6. The van der Waals surface area contributed by atoms with Crippen molar-refractivity contribution >= 4 is 0 Å². The zero-order valence-electron chi connectivity index (χ0n) is 9.36. The molecule has 84 valence electrons. The molecule has 0 aliphatic rings. The number of nitrogens with one attached hydrogen (secondary N) is 1. The average molecular weight is 209 g/mol. The molecular weight excluding hydrogens is 190 g/mol. The lowest BCUT2D eigenvalue weighted by atomic mass is 10.0. The van der Waals surface area contributed by atoms with E-state index in [4.69, 9.17) is 9.84 Å². The predicted octanol–water partition coefficient (Wildman–Crippen LogP) is 1.73. The lowest BCUT2D eigenvalue weighted by molar-refractivity contribution is 0.266. The maximum Gasteiger partial charge on any atom is 0.119 e. The Morgan fingerprint density at radius 3 is 2.87 bits per heavy atom. The van der Waals surface area contributed by atoms with E-state index in [1.54, 1.807) is 7.11 Å². The second-order valence-corrected chi connectivity index (χ2v) is 3.40. The van der Waals surface area contributed by atoms with Crippen molar-refractivity contribution < 1.29 is 9.84 Å². The van der Waals surface area contributed by atoms with E-state index in [0.29, 0.717) is 0 Å². The molecule has 1 unspecified atom stereocenters. The van der Waals surface area contributed by atoms with Crippen LogP contribution in [-0.2, 0) is 0 Å². The quantitative estimate of drug-likeness (QED) is 0.749. The summed E-state index contributed by atoms with van der Waals surface area (Å²) in [4.78, 5) is 0. The highest BCUT2D eigenvalue weighted by Crippen LogP contribution is 2.21. The minimum Gasteiger partial charge on any atom is -0.497 e. The number of ether oxygens (including phenoxy) is 1. The van der Waals surface area contributed by atoms with Crippen LogP contribution in [-0.4, -0.2) is 25.4 Å². The smallest absolute Gasteiger partial charge is 0.119 e. The summed E-state index contributed by atoms with van der Waals surface area (Å²) in [7, 11) is 1.66. The third kappa shape index (κ3) is 3.53. The fourth-order valence-corrected chi connectivity index (χ4v) is 1.62. The Bertz CT molecular complexity index is 283. The van der Waals surface area contributed by atoms with Gasteiger partial charge in [-0.25, -0.2) is 0 Å². The van der Waals surface area contributed by atoms with E-state index in [1.807, 2.05) is 24.3 Å². The summed E-state index contributed by atoms with van der Waals surface area (Å²) >= 11 is 0. The Morgan fingerprint density at radius 1 is 1.47 bits per heavy atom. The standard InChI is InChI=1S/C12H19NO2/c1-3-13-12(7-8-14)10-5-4-6-11(9-10)15-2/h4-6,9,12-14H,3,7-8H2,1-2H3. The molecule has 0 spiro atoms. The van der Waals surface area contributed by atoms with Crippen LogP contribution in [0.1, 0.15) is 24.9 Å². The van der Waals surface area contributed by atoms with Crippen molar-refractivity contribution in [2.24, 2.45) is 0 Å². The van der Waals surface area contributed by atoms with Gasteiger partial charge in [0.1, 0.15) is 5.75 Å². The molecule has 0 heterocycles. The van der Waals surface area contributed by atoms with Gasteiger partial charge in [-0.2, -0.15) is 0 Å². The molecule has 0 radical (unpaired) electrons. The molecule has 15 heavy (non-hydrogen) atoms. The van der Waals surface area contributed by atoms with Crippen molar-refractivity contribution in [1.82, 2.24) is 5.32 Å². The monoisotopic (exact) mass is 209 g/mol. The van der Waals surface area contributed by atoms with Gasteiger partial charge in [-0.15, -0.1) is 0 Å². The van der Waals surface area contributed by atoms with Crippen LogP contribution in [0.5, 0.6) is 5.75 Å². The Balaban J connectivity index is 2.79. The maximum absolute atomic E-state index is 8.98. The number of hydrogen-bond donors (Lipinski definition) is 2. The van der Waals surface area contributed by atoms with Gasteiger partial charge in [-0.05, 0) is 30.7 Å². The highest BCUT2D eigenvalue weighted by Gasteiger charge is 2.09. The van der Waals surface area contributed by atoms with Gasteiger partial charge < -0.3 is 15.2 Å². The van der Waals surface area contributed by atoms with Gasteiger partial charge in [0.25, 0.3) is 0 Å². The first-order valence-corrected chi connectivity index (χ1v) is 5.30. The van der Waals surface area contributed by atoms with E-state index in [1.165, 1.54) is 0 Å². The van der Waals surface area contributed by atoms with Crippen LogP contribution in [0, 0.1) is 0 Å². The third-order valence-electron chi connectivity index (χ3n) is 2.36. The fourth-order valence-electron chi connectivity index (χ4n) is 1.62. The first-order chi connectivity index (χ1) is 7.31. The van der Waals surface area contributed by atoms with Crippen molar-refractivity contribution in [2.75, 3.05) is 20.3 Å². The molecule has 0 saturated heterocycles. The molecule has 1 aromatic rings. The number of aliphatic hydroxyl groups excluding tert-OH is 1. The second-order valence-electron chi connectivity index (χ2n) is 3.40. The predicted molar refractivity (Wildman–Crippen MR) is 61.1 cm³/mol. The van der Waals surface area contributed by atoms with E-state index in [-0.39, 0.29) is 12.6 Å². The van der Waals surface area contributed by atoms with Crippen LogP contribution in [0.15, 0.2) is 24.3 Å². The highest BCUT2D eigenvalue weighted by atomic mass is 16.5. The van der Waals surface area contributed by atoms with Gasteiger partial charge in [0.2, 0.25) is 0 Å². The first kappa shape index (κ1) is 12.0. The summed E-state index contributed by atoms with van der Waals surface area (Å²) in [5, 5.41) is 12.3. The van der Waals surface area contributed by atoms with Crippen LogP contribution in [0.4, 0.5) is 0 Å². The third-order valence-corrected chi connectivity index (χ3v) is 2.36. The van der Waals surface area contributed by atoms with Crippen molar-refractivity contribution in [3.8, 4) is 5.75 Å². The fraction of sp³-hybridized carbons (Fsp3) is 0.500. The van der Waals surface area contributed by atoms with Gasteiger partial charge in [-0.1, -0.05) is 19.1 Å². The van der Waals surface area contributed by atoms with Crippen molar-refractivity contribution in [3.63, 3.8) is 0 Å². The molecule has 0 aliphatic heterocycles.